The molecule has 0 N–H and O–H groups in total. The molecule has 4 aromatic rings. The van der Waals surface area contributed by atoms with Gasteiger partial charge in [0.15, 0.2) is 11.6 Å². The van der Waals surface area contributed by atoms with E-state index in [1.807, 2.05) is 60.7 Å². The summed E-state index contributed by atoms with van der Waals surface area (Å²) in [4.78, 5) is 29.8. The van der Waals surface area contributed by atoms with Crippen molar-refractivity contribution in [1.29, 1.82) is 0 Å². The number of hydrogen-bond donors (Lipinski definition) is 0. The molecule has 4 rings (SSSR count). The summed E-state index contributed by atoms with van der Waals surface area (Å²) in [5.74, 6) is -0.154. The molecular formula is C27H28N4O3. The molecule has 0 aliphatic carbocycles. The minimum absolute atomic E-state index is 0.0926. The van der Waals surface area contributed by atoms with Crippen molar-refractivity contribution in [1.82, 2.24) is 19.3 Å². The summed E-state index contributed by atoms with van der Waals surface area (Å²) in [6.45, 7) is 3.45. The zero-order valence-electron chi connectivity index (χ0n) is 19.6. The number of aromatic nitrogens is 4. The fourth-order valence-electron chi connectivity index (χ4n) is 4.19. The third-order valence-electron chi connectivity index (χ3n) is 5.69. The van der Waals surface area contributed by atoms with E-state index in [1.165, 1.54) is 6.92 Å². The molecule has 0 unspecified atom stereocenters. The molecule has 0 aliphatic rings. The van der Waals surface area contributed by atoms with Crippen LogP contribution in [0.2, 0.25) is 0 Å². The van der Waals surface area contributed by atoms with Crippen LogP contribution in [0.15, 0.2) is 73.1 Å². The molecule has 2 heterocycles. The largest absolute Gasteiger partial charge is 0.407 e. The fraction of sp³-hybridized carbons (Fsp3) is 0.259. The van der Waals surface area contributed by atoms with Crippen molar-refractivity contribution in [3.63, 3.8) is 0 Å². The van der Waals surface area contributed by atoms with Crippen LogP contribution >= 0.6 is 0 Å². The molecule has 0 saturated heterocycles. The number of ether oxygens (including phenoxy) is 1. The van der Waals surface area contributed by atoms with Crippen LogP contribution in [0.5, 0.6) is 5.88 Å². The summed E-state index contributed by atoms with van der Waals surface area (Å²) in [5.41, 5.74) is 3.30. The third kappa shape index (κ3) is 4.83. The summed E-state index contributed by atoms with van der Waals surface area (Å²) < 4.78 is 9.18. The first-order valence-electron chi connectivity index (χ1n) is 11.4. The molecule has 0 amide bonds. The van der Waals surface area contributed by atoms with Crippen molar-refractivity contribution < 1.29 is 14.3 Å². The molecule has 0 aliphatic heterocycles. The summed E-state index contributed by atoms with van der Waals surface area (Å²) in [6, 6.07) is 19.4. The molecule has 2 aromatic carbocycles. The van der Waals surface area contributed by atoms with Crippen LogP contribution in [0.3, 0.4) is 0 Å². The fourth-order valence-corrected chi connectivity index (χ4v) is 4.19. The van der Waals surface area contributed by atoms with Gasteiger partial charge in [-0.2, -0.15) is 5.10 Å². The van der Waals surface area contributed by atoms with Gasteiger partial charge in [-0.15, -0.1) is 0 Å². The maximum absolute atomic E-state index is 13.3. The number of carbonyl (C=O) groups excluding carboxylic acids is 2. The smallest absolute Gasteiger partial charge is 0.309 e. The van der Waals surface area contributed by atoms with Crippen molar-refractivity contribution in [3.8, 4) is 11.6 Å². The van der Waals surface area contributed by atoms with E-state index >= 15 is 0 Å². The SMILES string of the molecule is CCCc1nn(-c2ccccc2)c(OC(C)=O)c1[C@H](CC(=O)c1nccn1C)c1ccccc1. The number of imidazole rings is 1. The Morgan fingerprint density at radius 2 is 1.71 bits per heavy atom. The topological polar surface area (TPSA) is 79.0 Å². The number of carbonyl (C=O) groups is 2. The summed E-state index contributed by atoms with van der Waals surface area (Å²) >= 11 is 0. The Balaban J connectivity index is 1.92. The average molecular weight is 457 g/mol. The van der Waals surface area contributed by atoms with Crippen molar-refractivity contribution in [2.45, 2.75) is 39.0 Å². The first-order valence-corrected chi connectivity index (χ1v) is 11.4. The zero-order valence-corrected chi connectivity index (χ0v) is 19.6. The van der Waals surface area contributed by atoms with E-state index in [2.05, 4.69) is 11.9 Å². The number of ketones is 1. The summed E-state index contributed by atoms with van der Waals surface area (Å²) in [5, 5.41) is 4.86. The second kappa shape index (κ2) is 10.3. The van der Waals surface area contributed by atoms with Crippen molar-refractivity contribution in [2.75, 3.05) is 0 Å². The van der Waals surface area contributed by atoms with Crippen LogP contribution in [0.25, 0.3) is 5.69 Å². The molecule has 0 bridgehead atoms. The second-order valence-corrected chi connectivity index (χ2v) is 8.21. The van der Waals surface area contributed by atoms with E-state index in [9.17, 15) is 9.59 Å². The molecule has 7 heteroatoms. The molecule has 0 saturated carbocycles. The van der Waals surface area contributed by atoms with Crippen molar-refractivity contribution in [3.05, 3.63) is 95.7 Å². The number of para-hydroxylation sites is 1. The van der Waals surface area contributed by atoms with Gasteiger partial charge in [0, 0.05) is 44.3 Å². The summed E-state index contributed by atoms with van der Waals surface area (Å²) in [7, 11) is 1.80. The monoisotopic (exact) mass is 456 g/mol. The lowest BCUT2D eigenvalue weighted by molar-refractivity contribution is -0.132. The molecule has 0 spiro atoms. The Kier molecular flexibility index (Phi) is 7.01. The van der Waals surface area contributed by atoms with Crippen molar-refractivity contribution >= 4 is 11.8 Å². The number of benzene rings is 2. The van der Waals surface area contributed by atoms with Crippen LogP contribution in [0.4, 0.5) is 0 Å². The number of esters is 1. The number of Topliss-reactive ketones (excluding diaryl/α,β-unsaturated/α-hetero) is 1. The van der Waals surface area contributed by atoms with Crippen molar-refractivity contribution in [2.24, 2.45) is 7.05 Å². The molecule has 34 heavy (non-hydrogen) atoms. The van der Waals surface area contributed by atoms with E-state index in [0.29, 0.717) is 18.1 Å². The standard InChI is InChI=1S/C27H28N4O3/c1-4-11-23-25(27(34-19(2)32)31(29-23)21-14-9-6-10-15-21)22(20-12-7-5-8-13-20)18-24(33)26-28-16-17-30(26)3/h5-10,12-17,22H,4,11,18H2,1-3H3/t22-/m1/s1. The zero-order chi connectivity index (χ0) is 24.1. The molecule has 7 nitrogen and oxygen atoms in total. The van der Waals surface area contributed by atoms with Gasteiger partial charge in [0.05, 0.1) is 11.4 Å². The predicted octanol–water partition coefficient (Wildman–Crippen LogP) is 4.89. The number of rotatable bonds is 9. The van der Waals surface area contributed by atoms with Gasteiger partial charge in [-0.25, -0.2) is 9.67 Å². The lowest BCUT2D eigenvalue weighted by atomic mass is 9.86. The van der Waals surface area contributed by atoms with Gasteiger partial charge in [0.2, 0.25) is 5.88 Å². The van der Waals surface area contributed by atoms with Gasteiger partial charge in [-0.1, -0.05) is 61.9 Å². The van der Waals surface area contributed by atoms with Gasteiger partial charge >= 0.3 is 5.97 Å². The van der Waals surface area contributed by atoms with E-state index < -0.39 is 5.97 Å². The Bertz CT molecular complexity index is 1280. The van der Waals surface area contributed by atoms with E-state index in [-0.39, 0.29) is 18.1 Å². The third-order valence-corrected chi connectivity index (χ3v) is 5.69. The Morgan fingerprint density at radius 3 is 2.29 bits per heavy atom. The maximum Gasteiger partial charge on any atom is 0.309 e. The first kappa shape index (κ1) is 23.2. The minimum Gasteiger partial charge on any atom is -0.407 e. The highest BCUT2D eigenvalue weighted by Gasteiger charge is 2.31. The quantitative estimate of drug-likeness (QED) is 0.265. The number of hydrogen-bond acceptors (Lipinski definition) is 5. The van der Waals surface area contributed by atoms with Gasteiger partial charge in [-0.05, 0) is 24.1 Å². The highest BCUT2D eigenvalue weighted by Crippen LogP contribution is 2.39. The molecule has 0 fully saturated rings. The van der Waals surface area contributed by atoms with Crippen LogP contribution in [0, 0.1) is 0 Å². The highest BCUT2D eigenvalue weighted by atomic mass is 16.5. The van der Waals surface area contributed by atoms with E-state index in [0.717, 1.165) is 28.9 Å². The summed E-state index contributed by atoms with van der Waals surface area (Å²) in [6.07, 6.45) is 5.08. The molecular weight excluding hydrogens is 428 g/mol. The van der Waals surface area contributed by atoms with Crippen LogP contribution < -0.4 is 4.74 Å². The van der Waals surface area contributed by atoms with Gasteiger partial charge in [-0.3, -0.25) is 9.59 Å². The lowest BCUT2D eigenvalue weighted by Gasteiger charge is -2.19. The lowest BCUT2D eigenvalue weighted by Crippen LogP contribution is -2.16. The van der Waals surface area contributed by atoms with Crippen LogP contribution in [0.1, 0.15) is 60.0 Å². The maximum atomic E-state index is 13.3. The molecule has 174 valence electrons. The van der Waals surface area contributed by atoms with Gasteiger partial charge in [0.25, 0.3) is 0 Å². The molecule has 2 aromatic heterocycles. The predicted molar refractivity (Wildman–Crippen MR) is 129 cm³/mol. The molecule has 0 radical (unpaired) electrons. The normalized spacial score (nSPS) is 11.9. The first-order chi connectivity index (χ1) is 16.5. The van der Waals surface area contributed by atoms with Gasteiger partial charge < -0.3 is 9.30 Å². The van der Waals surface area contributed by atoms with E-state index in [4.69, 9.17) is 9.84 Å². The average Bonchev–Trinajstić information content (AvgIpc) is 3.42. The Labute approximate surface area is 199 Å². The number of aryl methyl sites for hydroxylation is 2. The highest BCUT2D eigenvalue weighted by molar-refractivity contribution is 5.93. The minimum atomic E-state index is -0.441. The van der Waals surface area contributed by atoms with Crippen LogP contribution in [-0.2, 0) is 18.3 Å². The Morgan fingerprint density at radius 1 is 1.03 bits per heavy atom. The van der Waals surface area contributed by atoms with Gasteiger partial charge in [0.1, 0.15) is 0 Å². The van der Waals surface area contributed by atoms with Crippen LogP contribution in [-0.4, -0.2) is 31.1 Å². The second-order valence-electron chi connectivity index (χ2n) is 8.21. The Hall–Kier alpha value is -4.00. The van der Waals surface area contributed by atoms with E-state index in [1.54, 1.807) is 28.7 Å². The number of nitrogens with zero attached hydrogens (tertiary/aromatic N) is 4. The molecule has 1 atom stereocenters.